The number of carbonyl (C=O) groups excluding carboxylic acids is 1. The number of carbonyl (C=O) groups is 1. The molecule has 0 aromatic heterocycles. The molecule has 1 fully saturated rings. The van der Waals surface area contributed by atoms with Gasteiger partial charge in [-0.05, 0) is 36.8 Å². The second-order valence-corrected chi connectivity index (χ2v) is 6.20. The fourth-order valence-corrected chi connectivity index (χ4v) is 3.19. The van der Waals surface area contributed by atoms with Gasteiger partial charge in [-0.3, -0.25) is 10.2 Å². The van der Waals surface area contributed by atoms with Crippen molar-refractivity contribution < 1.29 is 9.53 Å². The van der Waals surface area contributed by atoms with E-state index in [1.165, 1.54) is 16.0 Å². The predicted octanol–water partition coefficient (Wildman–Crippen LogP) is 2.85. The van der Waals surface area contributed by atoms with E-state index >= 15 is 0 Å². The van der Waals surface area contributed by atoms with Crippen LogP contribution >= 0.6 is 11.8 Å². The number of rotatable bonds is 4. The van der Waals surface area contributed by atoms with Crippen molar-refractivity contribution in [3.05, 3.63) is 29.3 Å². The summed E-state index contributed by atoms with van der Waals surface area (Å²) >= 11 is 1.70. The first-order chi connectivity index (χ1) is 10.0. The fraction of sp³-hybridized carbons (Fsp3) is 0.438. The van der Waals surface area contributed by atoms with Gasteiger partial charge >= 0.3 is 0 Å². The van der Waals surface area contributed by atoms with Crippen LogP contribution in [0.25, 0.3) is 6.08 Å². The molecule has 0 saturated carbocycles. The summed E-state index contributed by atoms with van der Waals surface area (Å²) in [6.45, 7) is 4.19. The molecule has 2 rings (SSSR count). The first-order valence-electron chi connectivity index (χ1n) is 6.99. The van der Waals surface area contributed by atoms with E-state index in [0.717, 1.165) is 5.75 Å². The summed E-state index contributed by atoms with van der Waals surface area (Å²) in [5, 5.41) is 0. The van der Waals surface area contributed by atoms with Crippen molar-refractivity contribution in [3.63, 3.8) is 0 Å². The quantitative estimate of drug-likeness (QED) is 0.840. The molecule has 0 spiro atoms. The van der Waals surface area contributed by atoms with Crippen LogP contribution in [-0.4, -0.2) is 25.3 Å². The van der Waals surface area contributed by atoms with Crippen LogP contribution in [-0.2, 0) is 4.79 Å². The van der Waals surface area contributed by atoms with Gasteiger partial charge in [0.1, 0.15) is 5.75 Å². The lowest BCUT2D eigenvalue weighted by atomic mass is 9.90. The third kappa shape index (κ3) is 3.80. The molecule has 1 heterocycles. The van der Waals surface area contributed by atoms with E-state index in [1.807, 2.05) is 12.1 Å². The number of hydrogen-bond acceptors (Lipinski definition) is 4. The van der Waals surface area contributed by atoms with E-state index in [4.69, 9.17) is 4.74 Å². The number of amides is 1. The number of methoxy groups -OCH3 is 1. The minimum absolute atomic E-state index is 0.0563. The molecule has 1 saturated heterocycles. The first-order valence-corrected chi connectivity index (χ1v) is 8.22. The second kappa shape index (κ2) is 7.00. The number of benzene rings is 1. The van der Waals surface area contributed by atoms with Gasteiger partial charge in [-0.25, -0.2) is 5.43 Å². The predicted molar refractivity (Wildman–Crippen MR) is 87.3 cm³/mol. The summed E-state index contributed by atoms with van der Waals surface area (Å²) < 4.78 is 5.27. The molecule has 21 heavy (non-hydrogen) atoms. The zero-order chi connectivity index (χ0) is 15.4. The second-order valence-electron chi connectivity index (χ2n) is 5.35. The van der Waals surface area contributed by atoms with Crippen LogP contribution in [0.3, 0.4) is 0 Å². The van der Waals surface area contributed by atoms with Crippen molar-refractivity contribution in [3.8, 4) is 5.75 Å². The Bertz CT molecular complexity index is 557. The van der Waals surface area contributed by atoms with Crippen LogP contribution in [0.15, 0.2) is 28.7 Å². The average Bonchev–Trinajstić information content (AvgIpc) is 2.47. The molecule has 0 radical (unpaired) electrons. The molecular formula is C16H22N2O2S. The van der Waals surface area contributed by atoms with Crippen molar-refractivity contribution in [2.24, 2.45) is 5.92 Å². The number of thioether (sulfide) groups is 1. The van der Waals surface area contributed by atoms with Gasteiger partial charge in [-0.2, -0.15) is 0 Å². The summed E-state index contributed by atoms with van der Waals surface area (Å²) in [6, 6.07) is 6.25. The third-order valence-corrected chi connectivity index (χ3v) is 4.55. The van der Waals surface area contributed by atoms with E-state index in [1.54, 1.807) is 18.9 Å². The summed E-state index contributed by atoms with van der Waals surface area (Å²) in [7, 11) is 1.68. The minimum Gasteiger partial charge on any atom is -0.497 e. The highest BCUT2D eigenvalue weighted by atomic mass is 32.2. The van der Waals surface area contributed by atoms with Crippen LogP contribution in [0.2, 0.25) is 0 Å². The Morgan fingerprint density at radius 2 is 2.24 bits per heavy atom. The van der Waals surface area contributed by atoms with Crippen molar-refractivity contribution >= 4 is 23.7 Å². The van der Waals surface area contributed by atoms with Crippen molar-refractivity contribution in [2.75, 3.05) is 13.4 Å². The smallest absolute Gasteiger partial charge is 0.234 e. The number of hydrazine groups is 1. The molecule has 1 aliphatic rings. The van der Waals surface area contributed by atoms with Crippen LogP contribution < -0.4 is 15.6 Å². The van der Waals surface area contributed by atoms with Gasteiger partial charge in [0.2, 0.25) is 5.91 Å². The standard InChI is InChI=1S/C16H22N2O2S/c1-10(16-11(2)8-15(19)17-18-16)7-12-5-6-13(20-3)9-14(12)21-4/h5-7,9,11,16,18H,8H2,1-4H3,(H,17,19)/b10-7+. The zero-order valence-corrected chi connectivity index (χ0v) is 13.7. The van der Waals surface area contributed by atoms with E-state index in [0.29, 0.717) is 6.42 Å². The summed E-state index contributed by atoms with van der Waals surface area (Å²) in [5.41, 5.74) is 8.20. The topological polar surface area (TPSA) is 50.4 Å². The van der Waals surface area contributed by atoms with Crippen molar-refractivity contribution in [2.45, 2.75) is 31.2 Å². The Morgan fingerprint density at radius 1 is 1.48 bits per heavy atom. The number of ether oxygens (including phenoxy) is 1. The largest absolute Gasteiger partial charge is 0.497 e. The molecule has 0 aliphatic carbocycles. The van der Waals surface area contributed by atoms with Gasteiger partial charge in [0.15, 0.2) is 0 Å². The lowest BCUT2D eigenvalue weighted by Gasteiger charge is -2.30. The Hall–Kier alpha value is -1.46. The van der Waals surface area contributed by atoms with E-state index < -0.39 is 0 Å². The van der Waals surface area contributed by atoms with E-state index in [2.05, 4.69) is 43.1 Å². The molecule has 114 valence electrons. The summed E-state index contributed by atoms with van der Waals surface area (Å²) in [4.78, 5) is 12.5. The highest BCUT2D eigenvalue weighted by Gasteiger charge is 2.26. The van der Waals surface area contributed by atoms with E-state index in [-0.39, 0.29) is 17.9 Å². The van der Waals surface area contributed by atoms with Gasteiger partial charge in [0.05, 0.1) is 13.2 Å². The molecule has 4 nitrogen and oxygen atoms in total. The SMILES string of the molecule is COc1ccc(/C=C(\C)C2NNC(=O)CC2C)c(SC)c1. The number of hydrogen-bond donors (Lipinski definition) is 2. The lowest BCUT2D eigenvalue weighted by molar-refractivity contribution is -0.125. The molecule has 0 bridgehead atoms. The van der Waals surface area contributed by atoms with Gasteiger partial charge in [-0.1, -0.05) is 24.6 Å². The Balaban J connectivity index is 2.24. The molecule has 2 atom stereocenters. The molecule has 5 heteroatoms. The molecule has 1 amide bonds. The van der Waals surface area contributed by atoms with Crippen LogP contribution in [0, 0.1) is 5.92 Å². The maximum atomic E-state index is 11.4. The van der Waals surface area contributed by atoms with Crippen molar-refractivity contribution in [1.82, 2.24) is 10.9 Å². The minimum atomic E-state index is 0.0563. The molecule has 1 aliphatic heterocycles. The highest BCUT2D eigenvalue weighted by Crippen LogP contribution is 2.29. The molecule has 1 aromatic rings. The molecule has 2 N–H and O–H groups in total. The van der Waals surface area contributed by atoms with Crippen LogP contribution in [0.5, 0.6) is 5.75 Å². The van der Waals surface area contributed by atoms with Gasteiger partial charge in [0, 0.05) is 11.3 Å². The van der Waals surface area contributed by atoms with Gasteiger partial charge in [-0.15, -0.1) is 11.8 Å². The molecular weight excluding hydrogens is 284 g/mol. The number of nitrogens with one attached hydrogen (secondary N) is 2. The Labute approximate surface area is 130 Å². The Morgan fingerprint density at radius 3 is 2.86 bits per heavy atom. The highest BCUT2D eigenvalue weighted by molar-refractivity contribution is 7.98. The molecule has 1 aromatic carbocycles. The summed E-state index contributed by atoms with van der Waals surface area (Å²) in [5.74, 6) is 1.21. The Kier molecular flexibility index (Phi) is 5.31. The zero-order valence-electron chi connectivity index (χ0n) is 12.9. The van der Waals surface area contributed by atoms with Crippen LogP contribution in [0.1, 0.15) is 25.8 Å². The van der Waals surface area contributed by atoms with Crippen molar-refractivity contribution in [1.29, 1.82) is 0 Å². The maximum absolute atomic E-state index is 11.4. The average molecular weight is 306 g/mol. The fourth-order valence-electron chi connectivity index (χ4n) is 2.60. The maximum Gasteiger partial charge on any atom is 0.234 e. The monoisotopic (exact) mass is 306 g/mol. The lowest BCUT2D eigenvalue weighted by Crippen LogP contribution is -2.53. The normalized spacial score (nSPS) is 22.9. The van der Waals surface area contributed by atoms with E-state index in [9.17, 15) is 4.79 Å². The summed E-state index contributed by atoms with van der Waals surface area (Å²) in [6.07, 6.45) is 4.79. The first kappa shape index (κ1) is 15.9. The van der Waals surface area contributed by atoms with Gasteiger partial charge in [0.25, 0.3) is 0 Å². The third-order valence-electron chi connectivity index (χ3n) is 3.76. The molecule has 2 unspecified atom stereocenters. The van der Waals surface area contributed by atoms with Crippen LogP contribution in [0.4, 0.5) is 0 Å². The van der Waals surface area contributed by atoms with Gasteiger partial charge < -0.3 is 4.74 Å².